The number of hydrogen-bond donors (Lipinski definition) is 0. The molecule has 0 fully saturated rings. The molecule has 0 saturated carbocycles. The van der Waals surface area contributed by atoms with Crippen molar-refractivity contribution >= 4 is 17.4 Å². The predicted molar refractivity (Wildman–Crippen MR) is 58.0 cm³/mol. The van der Waals surface area contributed by atoms with Crippen LogP contribution in [0, 0.1) is 11.3 Å². The fourth-order valence-electron chi connectivity index (χ4n) is 1.96. The molecule has 1 amide bonds. The van der Waals surface area contributed by atoms with E-state index in [1.807, 2.05) is 6.07 Å². The number of fused-ring (bicyclic) bond motifs is 1. The molecule has 2 rings (SSSR count). The Balaban J connectivity index is 2.59. The lowest BCUT2D eigenvalue weighted by atomic mass is 9.95. The minimum atomic E-state index is -0.681. The van der Waals surface area contributed by atoms with E-state index >= 15 is 0 Å². The maximum atomic E-state index is 11.7. The lowest BCUT2D eigenvalue weighted by molar-refractivity contribution is -0.116. The summed E-state index contributed by atoms with van der Waals surface area (Å²) in [6.45, 7) is 1.40. The average molecular weight is 214 g/mol. The average Bonchev–Trinajstić information content (AvgIpc) is 2.28. The third-order valence-corrected chi connectivity index (χ3v) is 2.64. The second-order valence-corrected chi connectivity index (χ2v) is 3.68. The number of ketones is 1. The molecule has 0 radical (unpaired) electrons. The quantitative estimate of drug-likeness (QED) is 0.657. The van der Waals surface area contributed by atoms with Crippen LogP contribution in [0.3, 0.4) is 0 Å². The summed E-state index contributed by atoms with van der Waals surface area (Å²) >= 11 is 0. The summed E-state index contributed by atoms with van der Waals surface area (Å²) in [5.41, 5.74) is 1.06. The number of nitriles is 1. The lowest BCUT2D eigenvalue weighted by Gasteiger charge is -2.31. The van der Waals surface area contributed by atoms with E-state index in [9.17, 15) is 9.59 Å². The molecule has 0 saturated heterocycles. The summed E-state index contributed by atoms with van der Waals surface area (Å²) in [6.07, 6.45) is 0.0765. The van der Waals surface area contributed by atoms with Crippen molar-refractivity contribution < 1.29 is 9.59 Å². The third kappa shape index (κ3) is 1.47. The van der Waals surface area contributed by atoms with Crippen molar-refractivity contribution in [1.29, 1.82) is 5.26 Å². The zero-order chi connectivity index (χ0) is 11.7. The monoisotopic (exact) mass is 214 g/mol. The van der Waals surface area contributed by atoms with Crippen LogP contribution < -0.4 is 4.90 Å². The van der Waals surface area contributed by atoms with Gasteiger partial charge in [-0.05, 0) is 12.1 Å². The zero-order valence-corrected chi connectivity index (χ0v) is 8.80. The summed E-state index contributed by atoms with van der Waals surface area (Å²) in [6, 6.07) is 8.19. The second-order valence-electron chi connectivity index (χ2n) is 3.68. The third-order valence-electron chi connectivity index (χ3n) is 2.64. The number of rotatable bonds is 0. The van der Waals surface area contributed by atoms with Gasteiger partial charge in [0, 0.05) is 18.9 Å². The smallest absolute Gasteiger partial charge is 0.225 e. The van der Waals surface area contributed by atoms with Crippen LogP contribution >= 0.6 is 0 Å². The van der Waals surface area contributed by atoms with E-state index in [1.54, 1.807) is 24.3 Å². The Morgan fingerprint density at radius 2 is 2.19 bits per heavy atom. The SMILES string of the molecule is CC(=O)N1c2ccccc2C(=O)CC1C#N. The minimum Gasteiger partial charge on any atom is -0.295 e. The molecule has 1 aromatic carbocycles. The maximum absolute atomic E-state index is 11.7. The molecule has 16 heavy (non-hydrogen) atoms. The van der Waals surface area contributed by atoms with Crippen LogP contribution in [-0.4, -0.2) is 17.7 Å². The van der Waals surface area contributed by atoms with Gasteiger partial charge in [-0.1, -0.05) is 12.1 Å². The van der Waals surface area contributed by atoms with Gasteiger partial charge in [-0.15, -0.1) is 0 Å². The number of carbonyl (C=O) groups excluding carboxylic acids is 2. The highest BCUT2D eigenvalue weighted by Crippen LogP contribution is 2.30. The number of para-hydroxylation sites is 1. The van der Waals surface area contributed by atoms with Crippen molar-refractivity contribution in [3.63, 3.8) is 0 Å². The van der Waals surface area contributed by atoms with E-state index in [0.29, 0.717) is 11.3 Å². The van der Waals surface area contributed by atoms with Crippen LogP contribution in [0.15, 0.2) is 24.3 Å². The van der Waals surface area contributed by atoms with Crippen LogP contribution in [0.2, 0.25) is 0 Å². The first kappa shape index (κ1) is 10.4. The molecule has 1 aromatic rings. The summed E-state index contributed by atoms with van der Waals surface area (Å²) in [4.78, 5) is 24.6. The maximum Gasteiger partial charge on any atom is 0.225 e. The van der Waals surface area contributed by atoms with Crippen LogP contribution in [0.1, 0.15) is 23.7 Å². The molecule has 1 atom stereocenters. The Hall–Kier alpha value is -2.15. The number of benzene rings is 1. The van der Waals surface area contributed by atoms with E-state index in [-0.39, 0.29) is 18.1 Å². The fourth-order valence-corrected chi connectivity index (χ4v) is 1.96. The number of nitrogens with zero attached hydrogens (tertiary/aromatic N) is 2. The van der Waals surface area contributed by atoms with E-state index < -0.39 is 6.04 Å². The fraction of sp³-hybridized carbons (Fsp3) is 0.250. The highest BCUT2D eigenvalue weighted by atomic mass is 16.2. The van der Waals surface area contributed by atoms with Gasteiger partial charge < -0.3 is 0 Å². The van der Waals surface area contributed by atoms with Crippen LogP contribution in [-0.2, 0) is 4.79 Å². The summed E-state index contributed by atoms with van der Waals surface area (Å²) < 4.78 is 0. The second kappa shape index (κ2) is 3.78. The molecule has 0 spiro atoms. The van der Waals surface area contributed by atoms with E-state index in [1.165, 1.54) is 11.8 Å². The zero-order valence-electron chi connectivity index (χ0n) is 8.80. The molecule has 1 aliphatic rings. The number of amides is 1. The highest BCUT2D eigenvalue weighted by Gasteiger charge is 2.33. The Bertz CT molecular complexity index is 502. The molecule has 0 N–H and O–H groups in total. The van der Waals surface area contributed by atoms with Gasteiger partial charge >= 0.3 is 0 Å². The molecule has 1 heterocycles. The number of anilines is 1. The van der Waals surface area contributed by atoms with Gasteiger partial charge in [0.2, 0.25) is 5.91 Å². The van der Waals surface area contributed by atoms with Gasteiger partial charge in [-0.3, -0.25) is 14.5 Å². The number of hydrogen-bond acceptors (Lipinski definition) is 3. The van der Waals surface area contributed by atoms with Gasteiger partial charge in [0.15, 0.2) is 5.78 Å². The van der Waals surface area contributed by atoms with Gasteiger partial charge in [-0.2, -0.15) is 5.26 Å². The van der Waals surface area contributed by atoms with Crippen LogP contribution in [0.5, 0.6) is 0 Å². The first-order valence-electron chi connectivity index (χ1n) is 4.97. The van der Waals surface area contributed by atoms with Gasteiger partial charge in [0.1, 0.15) is 6.04 Å². The topological polar surface area (TPSA) is 61.2 Å². The molecule has 80 valence electrons. The molecule has 0 aliphatic carbocycles. The van der Waals surface area contributed by atoms with Crippen molar-refractivity contribution in [2.24, 2.45) is 0 Å². The molecule has 4 nitrogen and oxygen atoms in total. The van der Waals surface area contributed by atoms with Crippen molar-refractivity contribution in [1.82, 2.24) is 0 Å². The predicted octanol–water partition coefficient (Wildman–Crippen LogP) is 1.52. The summed E-state index contributed by atoms with van der Waals surface area (Å²) in [5, 5.41) is 8.96. The normalized spacial score (nSPS) is 18.9. The van der Waals surface area contributed by atoms with E-state index in [0.717, 1.165) is 0 Å². The van der Waals surface area contributed by atoms with Gasteiger partial charge in [-0.25, -0.2) is 0 Å². The highest BCUT2D eigenvalue weighted by molar-refractivity contribution is 6.09. The largest absolute Gasteiger partial charge is 0.295 e. The van der Waals surface area contributed by atoms with Crippen LogP contribution in [0.4, 0.5) is 5.69 Å². The Labute approximate surface area is 93.1 Å². The molecule has 0 bridgehead atoms. The standard InChI is InChI=1S/C12H10N2O2/c1-8(15)14-9(7-13)6-12(16)10-4-2-3-5-11(10)14/h2-5,9H,6H2,1H3. The Morgan fingerprint density at radius 1 is 1.50 bits per heavy atom. The molecule has 4 heteroatoms. The first-order chi connectivity index (χ1) is 7.65. The van der Waals surface area contributed by atoms with Crippen molar-refractivity contribution in [3.05, 3.63) is 29.8 Å². The van der Waals surface area contributed by atoms with Crippen molar-refractivity contribution in [3.8, 4) is 6.07 Å². The molecule has 1 aliphatic heterocycles. The first-order valence-corrected chi connectivity index (χ1v) is 4.97. The Morgan fingerprint density at radius 3 is 2.81 bits per heavy atom. The van der Waals surface area contributed by atoms with Gasteiger partial charge in [0.05, 0.1) is 11.8 Å². The number of Topliss-reactive ketones (excluding diaryl/α,β-unsaturated/α-hetero) is 1. The summed E-state index contributed by atoms with van der Waals surface area (Å²) in [5.74, 6) is -0.300. The molecule has 1 unspecified atom stereocenters. The van der Waals surface area contributed by atoms with E-state index in [2.05, 4.69) is 0 Å². The Kier molecular flexibility index (Phi) is 2.45. The summed E-state index contributed by atoms with van der Waals surface area (Å²) in [7, 11) is 0. The number of carbonyl (C=O) groups is 2. The van der Waals surface area contributed by atoms with Crippen molar-refractivity contribution in [2.75, 3.05) is 4.90 Å². The van der Waals surface area contributed by atoms with Gasteiger partial charge in [0.25, 0.3) is 0 Å². The van der Waals surface area contributed by atoms with E-state index in [4.69, 9.17) is 5.26 Å². The minimum absolute atomic E-state index is 0.0765. The van der Waals surface area contributed by atoms with Crippen molar-refractivity contribution in [2.45, 2.75) is 19.4 Å². The molecular weight excluding hydrogens is 204 g/mol. The molecular formula is C12H10N2O2. The lowest BCUT2D eigenvalue weighted by Crippen LogP contribution is -2.43. The van der Waals surface area contributed by atoms with Crippen LogP contribution in [0.25, 0.3) is 0 Å². The molecule has 0 aromatic heterocycles.